The van der Waals surface area contributed by atoms with E-state index in [0.29, 0.717) is 0 Å². The third-order valence-corrected chi connectivity index (χ3v) is 2.45. The van der Waals surface area contributed by atoms with Crippen LogP contribution < -0.4 is 0 Å². The lowest BCUT2D eigenvalue weighted by Gasteiger charge is -2.01. The van der Waals surface area contributed by atoms with Gasteiger partial charge in [-0.15, -0.1) is 0 Å². The summed E-state index contributed by atoms with van der Waals surface area (Å²) in [5.74, 6) is 0. The molecule has 0 N–H and O–H groups in total. The Labute approximate surface area is 110 Å². The molecular formula is C18H18. The summed E-state index contributed by atoms with van der Waals surface area (Å²) < 4.78 is 0. The Morgan fingerprint density at radius 1 is 0.611 bits per heavy atom. The smallest absolute Gasteiger partial charge is 0.0184 e. The van der Waals surface area contributed by atoms with Gasteiger partial charge in [0.2, 0.25) is 0 Å². The average molecular weight is 234 g/mol. The Morgan fingerprint density at radius 2 is 1.11 bits per heavy atom. The van der Waals surface area contributed by atoms with Crippen LogP contribution in [0.1, 0.15) is 16.7 Å². The van der Waals surface area contributed by atoms with Crippen LogP contribution in [0.2, 0.25) is 0 Å². The van der Waals surface area contributed by atoms with E-state index in [1.54, 1.807) is 0 Å². The first kappa shape index (κ1) is 13.7. The van der Waals surface area contributed by atoms with E-state index in [9.17, 15) is 0 Å². The summed E-state index contributed by atoms with van der Waals surface area (Å²) in [6, 6.07) is 18.1. The third-order valence-electron chi connectivity index (χ3n) is 2.45. The lowest BCUT2D eigenvalue weighted by atomic mass is 10.0. The molecule has 0 heteroatoms. The van der Waals surface area contributed by atoms with Gasteiger partial charge in [0.15, 0.2) is 0 Å². The topological polar surface area (TPSA) is 0 Å². The lowest BCUT2D eigenvalue weighted by Crippen LogP contribution is -1.81. The van der Waals surface area contributed by atoms with Gasteiger partial charge in [-0.1, -0.05) is 86.5 Å². The van der Waals surface area contributed by atoms with E-state index >= 15 is 0 Å². The van der Waals surface area contributed by atoms with Gasteiger partial charge in [-0.05, 0) is 22.8 Å². The zero-order valence-electron chi connectivity index (χ0n) is 10.5. The molecule has 90 valence electrons. The van der Waals surface area contributed by atoms with Crippen molar-refractivity contribution < 1.29 is 0 Å². The van der Waals surface area contributed by atoms with E-state index in [-0.39, 0.29) is 0 Å². The molecule has 0 spiro atoms. The molecule has 0 bridgehead atoms. The number of hydrogen-bond donors (Lipinski definition) is 0. The van der Waals surface area contributed by atoms with Crippen LogP contribution in [0.15, 0.2) is 74.3 Å². The summed E-state index contributed by atoms with van der Waals surface area (Å²) in [7, 11) is 0. The fourth-order valence-corrected chi connectivity index (χ4v) is 1.47. The van der Waals surface area contributed by atoms with Crippen LogP contribution >= 0.6 is 0 Å². The van der Waals surface area contributed by atoms with Gasteiger partial charge in [0, 0.05) is 0 Å². The molecular weight excluding hydrogens is 216 g/mol. The molecule has 2 rings (SSSR count). The van der Waals surface area contributed by atoms with Gasteiger partial charge in [0.05, 0.1) is 0 Å². The van der Waals surface area contributed by atoms with Crippen LogP contribution in [0.5, 0.6) is 0 Å². The molecule has 2 aromatic carbocycles. The van der Waals surface area contributed by atoms with Crippen LogP contribution in [0, 0.1) is 0 Å². The molecule has 0 fully saturated rings. The molecule has 0 heterocycles. The molecule has 0 aliphatic heterocycles. The molecule has 0 amide bonds. The fraction of sp³-hybridized carbons (Fsp3) is 0. The fourth-order valence-electron chi connectivity index (χ4n) is 1.47. The molecule has 0 radical (unpaired) electrons. The van der Waals surface area contributed by atoms with Gasteiger partial charge in [0.25, 0.3) is 0 Å². The van der Waals surface area contributed by atoms with Gasteiger partial charge in [-0.3, -0.25) is 0 Å². The Bertz CT molecular complexity index is 480. The third kappa shape index (κ3) is 4.26. The van der Waals surface area contributed by atoms with Crippen molar-refractivity contribution in [2.45, 2.75) is 0 Å². The van der Waals surface area contributed by atoms with Crippen LogP contribution in [0.3, 0.4) is 0 Å². The molecule has 0 saturated heterocycles. The van der Waals surface area contributed by atoms with E-state index in [1.807, 2.05) is 72.8 Å². The second-order valence-corrected chi connectivity index (χ2v) is 3.66. The van der Waals surface area contributed by atoms with Gasteiger partial charge < -0.3 is 0 Å². The number of benzene rings is 2. The maximum absolute atomic E-state index is 3.73. The molecule has 0 unspecified atom stereocenters. The first-order chi connectivity index (χ1) is 8.81. The number of hydrogen-bond acceptors (Lipinski definition) is 0. The predicted octanol–water partition coefficient (Wildman–Crippen LogP) is 5.30. The monoisotopic (exact) mass is 234 g/mol. The van der Waals surface area contributed by atoms with Gasteiger partial charge in [-0.25, -0.2) is 0 Å². The molecule has 2 aromatic rings. The normalized spacial score (nSPS) is 8.67. The molecule has 0 aliphatic carbocycles. The van der Waals surface area contributed by atoms with E-state index in [2.05, 4.69) is 19.7 Å². The van der Waals surface area contributed by atoms with Crippen molar-refractivity contribution in [3.8, 4) is 0 Å². The minimum Gasteiger partial charge on any atom is -0.0985 e. The highest BCUT2D eigenvalue weighted by molar-refractivity contribution is 5.66. The first-order valence-electron chi connectivity index (χ1n) is 5.83. The highest BCUT2D eigenvalue weighted by Crippen LogP contribution is 2.15. The minimum atomic E-state index is 1.10. The summed E-state index contributed by atoms with van der Waals surface area (Å²) in [4.78, 5) is 0. The Hall–Kier alpha value is -2.34. The van der Waals surface area contributed by atoms with Crippen molar-refractivity contribution >= 4 is 18.2 Å². The summed E-state index contributed by atoms with van der Waals surface area (Å²) in [5.41, 5.74) is 3.31. The molecule has 0 aliphatic rings. The van der Waals surface area contributed by atoms with Crippen molar-refractivity contribution in [1.29, 1.82) is 0 Å². The van der Waals surface area contributed by atoms with Crippen molar-refractivity contribution in [2.24, 2.45) is 0 Å². The quantitative estimate of drug-likeness (QED) is 0.675. The summed E-state index contributed by atoms with van der Waals surface area (Å²) >= 11 is 0. The van der Waals surface area contributed by atoms with E-state index < -0.39 is 0 Å². The van der Waals surface area contributed by atoms with Gasteiger partial charge in [0.1, 0.15) is 0 Å². The summed E-state index contributed by atoms with van der Waals surface area (Å²) in [6.07, 6.45) is 5.47. The van der Waals surface area contributed by atoms with Crippen molar-refractivity contribution in [2.75, 3.05) is 0 Å². The molecule has 0 saturated carbocycles. The van der Waals surface area contributed by atoms with Gasteiger partial charge in [-0.2, -0.15) is 0 Å². The Balaban J connectivity index is 0.000000225. The van der Waals surface area contributed by atoms with Gasteiger partial charge >= 0.3 is 0 Å². The van der Waals surface area contributed by atoms with Crippen LogP contribution in [0.25, 0.3) is 18.2 Å². The predicted molar refractivity (Wildman–Crippen MR) is 83.2 cm³/mol. The highest BCUT2D eigenvalue weighted by atomic mass is 14.0. The average Bonchev–Trinajstić information content (AvgIpc) is 2.48. The minimum absolute atomic E-state index is 1.10. The lowest BCUT2D eigenvalue weighted by molar-refractivity contribution is 1.59. The molecule has 18 heavy (non-hydrogen) atoms. The highest BCUT2D eigenvalue weighted by Gasteiger charge is 1.94. The standard InChI is InChI=1S/C12H12.C6H6/c1-4-10-7-8-11(5-2)12(6-3)9-10;1-2-4-6-5-3-1/h4-9H,1-3H2;1-6H. The molecule has 0 nitrogen and oxygen atoms in total. The molecule has 0 atom stereocenters. The van der Waals surface area contributed by atoms with E-state index in [4.69, 9.17) is 0 Å². The maximum atomic E-state index is 3.73. The van der Waals surface area contributed by atoms with E-state index in [1.165, 1.54) is 0 Å². The SMILES string of the molecule is C=Cc1ccc(C=C)c(C=C)c1.c1ccccc1. The van der Waals surface area contributed by atoms with Crippen LogP contribution in [-0.4, -0.2) is 0 Å². The first-order valence-corrected chi connectivity index (χ1v) is 5.83. The Kier molecular flexibility index (Phi) is 5.99. The molecule has 0 aromatic heterocycles. The summed E-state index contributed by atoms with van der Waals surface area (Å²) in [6.45, 7) is 11.2. The number of rotatable bonds is 3. The Morgan fingerprint density at radius 3 is 1.50 bits per heavy atom. The van der Waals surface area contributed by atoms with Crippen molar-refractivity contribution in [1.82, 2.24) is 0 Å². The second-order valence-electron chi connectivity index (χ2n) is 3.66. The van der Waals surface area contributed by atoms with Crippen molar-refractivity contribution in [3.05, 3.63) is 91.0 Å². The van der Waals surface area contributed by atoms with E-state index in [0.717, 1.165) is 16.7 Å². The summed E-state index contributed by atoms with van der Waals surface area (Å²) in [5, 5.41) is 0. The zero-order valence-corrected chi connectivity index (χ0v) is 10.5. The maximum Gasteiger partial charge on any atom is -0.0184 e. The van der Waals surface area contributed by atoms with Crippen molar-refractivity contribution in [3.63, 3.8) is 0 Å². The van der Waals surface area contributed by atoms with Crippen LogP contribution in [-0.2, 0) is 0 Å². The largest absolute Gasteiger partial charge is 0.0985 e. The second kappa shape index (κ2) is 7.86. The van der Waals surface area contributed by atoms with Crippen LogP contribution in [0.4, 0.5) is 0 Å². The zero-order chi connectivity index (χ0) is 13.2.